The summed E-state index contributed by atoms with van der Waals surface area (Å²) in [5.41, 5.74) is 0. The lowest BCUT2D eigenvalue weighted by molar-refractivity contribution is -0.00232. The number of phosphoric ester groups is 1. The maximum absolute atomic E-state index is 12.3. The highest BCUT2D eigenvalue weighted by molar-refractivity contribution is 7.47. The van der Waals surface area contributed by atoms with Crippen molar-refractivity contribution >= 4 is 31.0 Å². The molecule has 80 valence electrons. The third-order valence-corrected chi connectivity index (χ3v) is 2.21. The van der Waals surface area contributed by atoms with Crippen LogP contribution in [0.15, 0.2) is 0 Å². The van der Waals surface area contributed by atoms with Gasteiger partial charge in [0.2, 0.25) is 12.7 Å². The second-order valence-electron chi connectivity index (χ2n) is 1.81. The number of rotatable bonds is 6. The standard InChI is InChI=1S/C4H7Cl2F2O4P/c5-1-3(7)11-13(9,10)12-4(8)2-6/h3-4H,1-2H2,(H,9,10). The highest BCUT2D eigenvalue weighted by Crippen LogP contribution is 2.46. The Morgan fingerprint density at radius 1 is 1.23 bits per heavy atom. The lowest BCUT2D eigenvalue weighted by Crippen LogP contribution is -2.12. The van der Waals surface area contributed by atoms with Crippen molar-refractivity contribution in [2.24, 2.45) is 0 Å². The molecule has 0 aliphatic rings. The summed E-state index contributed by atoms with van der Waals surface area (Å²) in [6, 6.07) is 0. The van der Waals surface area contributed by atoms with Crippen LogP contribution in [0.5, 0.6) is 0 Å². The first kappa shape index (κ1) is 13.5. The van der Waals surface area contributed by atoms with E-state index in [0.29, 0.717) is 0 Å². The Labute approximate surface area is 83.3 Å². The first-order chi connectivity index (χ1) is 5.91. The SMILES string of the molecule is O=P(O)(OC(F)CCl)OC(F)CCl. The van der Waals surface area contributed by atoms with E-state index >= 15 is 0 Å². The van der Waals surface area contributed by atoms with Crippen molar-refractivity contribution < 1.29 is 27.3 Å². The molecule has 0 aromatic heterocycles. The van der Waals surface area contributed by atoms with Crippen LogP contribution in [0, 0.1) is 0 Å². The molecule has 0 saturated heterocycles. The van der Waals surface area contributed by atoms with E-state index in [9.17, 15) is 13.3 Å². The average molecular weight is 259 g/mol. The molecule has 0 aliphatic heterocycles. The second kappa shape index (κ2) is 6.11. The van der Waals surface area contributed by atoms with Crippen molar-refractivity contribution in [2.75, 3.05) is 11.8 Å². The summed E-state index contributed by atoms with van der Waals surface area (Å²) in [6.07, 6.45) is -4.39. The van der Waals surface area contributed by atoms with Crippen molar-refractivity contribution in [3.63, 3.8) is 0 Å². The second-order valence-corrected chi connectivity index (χ2v) is 3.78. The van der Waals surface area contributed by atoms with Crippen LogP contribution < -0.4 is 0 Å². The quantitative estimate of drug-likeness (QED) is 0.586. The molecule has 0 aliphatic carbocycles. The summed E-state index contributed by atoms with van der Waals surface area (Å²) in [5, 5.41) is 0. The van der Waals surface area contributed by atoms with Crippen LogP contribution in [0.4, 0.5) is 8.78 Å². The van der Waals surface area contributed by atoms with Gasteiger partial charge in [0.15, 0.2) is 0 Å². The number of alkyl halides is 4. The molecule has 9 heteroatoms. The van der Waals surface area contributed by atoms with Crippen molar-refractivity contribution in [3.8, 4) is 0 Å². The summed E-state index contributed by atoms with van der Waals surface area (Å²) < 4.78 is 42.7. The fourth-order valence-corrected chi connectivity index (χ4v) is 1.45. The zero-order valence-corrected chi connectivity index (χ0v) is 8.61. The molecule has 0 rings (SSSR count). The topological polar surface area (TPSA) is 55.8 Å². The number of hydrogen-bond donors (Lipinski definition) is 1. The van der Waals surface area contributed by atoms with Gasteiger partial charge < -0.3 is 4.89 Å². The van der Waals surface area contributed by atoms with Gasteiger partial charge in [-0.1, -0.05) is 0 Å². The molecule has 0 spiro atoms. The third kappa shape index (κ3) is 6.60. The Bertz CT molecular complexity index is 179. The molecule has 1 N–H and O–H groups in total. The summed E-state index contributed by atoms with van der Waals surface area (Å²) in [7, 11) is -4.76. The molecule has 0 aromatic carbocycles. The van der Waals surface area contributed by atoms with E-state index in [1.165, 1.54) is 0 Å². The fraction of sp³-hybridized carbons (Fsp3) is 1.00. The van der Waals surface area contributed by atoms with E-state index < -0.39 is 32.3 Å². The highest BCUT2D eigenvalue weighted by Gasteiger charge is 2.29. The van der Waals surface area contributed by atoms with Crippen LogP contribution in [0.1, 0.15) is 0 Å². The zero-order chi connectivity index (χ0) is 10.5. The molecular formula is C4H7Cl2F2O4P. The van der Waals surface area contributed by atoms with Gasteiger partial charge >= 0.3 is 7.82 Å². The lowest BCUT2D eigenvalue weighted by Gasteiger charge is -2.14. The molecule has 0 bridgehead atoms. The average Bonchev–Trinajstić information content (AvgIpc) is 2.02. The van der Waals surface area contributed by atoms with Crippen molar-refractivity contribution in [1.29, 1.82) is 0 Å². The van der Waals surface area contributed by atoms with Crippen molar-refractivity contribution in [2.45, 2.75) is 12.7 Å². The smallest absolute Gasteiger partial charge is 0.302 e. The minimum atomic E-state index is -4.76. The Morgan fingerprint density at radius 3 is 1.77 bits per heavy atom. The van der Waals surface area contributed by atoms with Crippen molar-refractivity contribution in [1.82, 2.24) is 0 Å². The lowest BCUT2D eigenvalue weighted by atomic mass is 10.8. The van der Waals surface area contributed by atoms with E-state index in [1.54, 1.807) is 0 Å². The minimum absolute atomic E-state index is 0.661. The van der Waals surface area contributed by atoms with Crippen LogP contribution in [0.2, 0.25) is 0 Å². The largest absolute Gasteiger partial charge is 0.477 e. The molecule has 0 heterocycles. The predicted molar refractivity (Wildman–Crippen MR) is 43.2 cm³/mol. The van der Waals surface area contributed by atoms with E-state index in [4.69, 9.17) is 28.1 Å². The molecular weight excluding hydrogens is 252 g/mol. The molecule has 0 aromatic rings. The first-order valence-electron chi connectivity index (χ1n) is 3.01. The van der Waals surface area contributed by atoms with Gasteiger partial charge in [-0.3, -0.25) is 9.05 Å². The fourth-order valence-electron chi connectivity index (χ4n) is 0.370. The minimum Gasteiger partial charge on any atom is -0.302 e. The Hall–Kier alpha value is 0.550. The van der Waals surface area contributed by atoms with E-state index in [0.717, 1.165) is 0 Å². The number of hydrogen-bond acceptors (Lipinski definition) is 3. The number of halogens is 4. The molecule has 13 heavy (non-hydrogen) atoms. The molecule has 0 saturated carbocycles. The van der Waals surface area contributed by atoms with Crippen LogP contribution >= 0.6 is 31.0 Å². The summed E-state index contributed by atoms with van der Waals surface area (Å²) >= 11 is 9.84. The van der Waals surface area contributed by atoms with Crippen LogP contribution in [0.25, 0.3) is 0 Å². The first-order valence-corrected chi connectivity index (χ1v) is 5.57. The van der Waals surface area contributed by atoms with Gasteiger partial charge in [0.05, 0.1) is 11.8 Å². The van der Waals surface area contributed by atoms with Gasteiger partial charge in [-0.25, -0.2) is 13.3 Å². The molecule has 2 unspecified atom stereocenters. The Balaban J connectivity index is 4.00. The van der Waals surface area contributed by atoms with Gasteiger partial charge in [-0.2, -0.15) is 0 Å². The molecule has 0 radical (unpaired) electrons. The number of phosphoric acid groups is 1. The molecule has 4 nitrogen and oxygen atoms in total. The van der Waals surface area contributed by atoms with Crippen LogP contribution in [-0.2, 0) is 13.6 Å². The molecule has 2 atom stereocenters. The van der Waals surface area contributed by atoms with Crippen LogP contribution in [-0.4, -0.2) is 29.4 Å². The predicted octanol–water partition coefficient (Wildman–Crippen LogP) is 2.19. The monoisotopic (exact) mass is 258 g/mol. The zero-order valence-electron chi connectivity index (χ0n) is 6.20. The molecule has 0 fully saturated rings. The summed E-state index contributed by atoms with van der Waals surface area (Å²) in [5.74, 6) is -1.32. The Morgan fingerprint density at radius 2 is 1.54 bits per heavy atom. The molecule has 0 amide bonds. The maximum Gasteiger partial charge on any atom is 0.477 e. The highest BCUT2D eigenvalue weighted by atomic mass is 35.5. The van der Waals surface area contributed by atoms with Gasteiger partial charge in [-0.05, 0) is 0 Å². The Kier molecular flexibility index (Phi) is 6.37. The van der Waals surface area contributed by atoms with Gasteiger partial charge in [0.25, 0.3) is 0 Å². The van der Waals surface area contributed by atoms with Gasteiger partial charge in [0.1, 0.15) is 0 Å². The normalized spacial score (nSPS) is 20.7. The van der Waals surface area contributed by atoms with E-state index in [-0.39, 0.29) is 0 Å². The maximum atomic E-state index is 12.3. The van der Waals surface area contributed by atoms with Crippen LogP contribution in [0.3, 0.4) is 0 Å². The summed E-state index contributed by atoms with van der Waals surface area (Å²) in [6.45, 7) is 0. The van der Waals surface area contributed by atoms with E-state index in [1.807, 2.05) is 0 Å². The van der Waals surface area contributed by atoms with E-state index in [2.05, 4.69) is 9.05 Å². The van der Waals surface area contributed by atoms with Crippen molar-refractivity contribution in [3.05, 3.63) is 0 Å². The van der Waals surface area contributed by atoms with Gasteiger partial charge in [-0.15, -0.1) is 23.2 Å². The van der Waals surface area contributed by atoms with Gasteiger partial charge in [0, 0.05) is 0 Å². The summed E-state index contributed by atoms with van der Waals surface area (Å²) in [4.78, 5) is 8.63. The third-order valence-electron chi connectivity index (χ3n) is 0.738.